The molecule has 0 aliphatic carbocycles. The lowest BCUT2D eigenvalue weighted by atomic mass is 10.2. The van der Waals surface area contributed by atoms with Gasteiger partial charge in [-0.05, 0) is 37.6 Å². The van der Waals surface area contributed by atoms with Crippen molar-refractivity contribution >= 4 is 38.5 Å². The average molecular weight is 383 g/mol. The van der Waals surface area contributed by atoms with Gasteiger partial charge in [0.2, 0.25) is 5.91 Å². The van der Waals surface area contributed by atoms with Gasteiger partial charge in [0.15, 0.2) is 5.13 Å². The number of ether oxygens (including phenoxy) is 1. The van der Waals surface area contributed by atoms with E-state index < -0.39 is 0 Å². The Balaban J connectivity index is 1.44. The SMILES string of the molecule is CCOc1ccccc1C(=O)NCCCC(=O)Nc1nc2ccccc2s1. The van der Waals surface area contributed by atoms with Crippen LogP contribution in [0.15, 0.2) is 48.5 Å². The zero-order chi connectivity index (χ0) is 19.1. The van der Waals surface area contributed by atoms with Crippen molar-refractivity contribution in [2.45, 2.75) is 19.8 Å². The van der Waals surface area contributed by atoms with Crippen molar-refractivity contribution in [3.05, 3.63) is 54.1 Å². The van der Waals surface area contributed by atoms with Gasteiger partial charge < -0.3 is 15.4 Å². The molecule has 0 bridgehead atoms. The largest absolute Gasteiger partial charge is 0.493 e. The van der Waals surface area contributed by atoms with Gasteiger partial charge in [-0.15, -0.1) is 0 Å². The minimum Gasteiger partial charge on any atom is -0.493 e. The van der Waals surface area contributed by atoms with Crippen LogP contribution in [0.25, 0.3) is 10.2 Å². The molecule has 2 N–H and O–H groups in total. The average Bonchev–Trinajstić information content (AvgIpc) is 3.08. The Bertz CT molecular complexity index is 906. The second-order valence-corrected chi connectivity index (χ2v) is 6.85. The Hall–Kier alpha value is -2.93. The van der Waals surface area contributed by atoms with E-state index >= 15 is 0 Å². The van der Waals surface area contributed by atoms with E-state index in [9.17, 15) is 9.59 Å². The molecule has 1 aromatic heterocycles. The number of benzene rings is 2. The lowest BCUT2D eigenvalue weighted by molar-refractivity contribution is -0.116. The van der Waals surface area contributed by atoms with E-state index in [2.05, 4.69) is 15.6 Å². The summed E-state index contributed by atoms with van der Waals surface area (Å²) in [6.45, 7) is 2.78. The third-order valence-electron chi connectivity index (χ3n) is 3.84. The number of anilines is 1. The number of carbonyl (C=O) groups is 2. The van der Waals surface area contributed by atoms with E-state index in [4.69, 9.17) is 4.74 Å². The highest BCUT2D eigenvalue weighted by atomic mass is 32.1. The van der Waals surface area contributed by atoms with Gasteiger partial charge in [0.1, 0.15) is 5.75 Å². The second-order valence-electron chi connectivity index (χ2n) is 5.82. The summed E-state index contributed by atoms with van der Waals surface area (Å²) in [6.07, 6.45) is 0.850. The van der Waals surface area contributed by atoms with Gasteiger partial charge in [-0.25, -0.2) is 4.98 Å². The molecule has 1 heterocycles. The zero-order valence-corrected chi connectivity index (χ0v) is 15.8. The van der Waals surface area contributed by atoms with Crippen molar-refractivity contribution in [3.63, 3.8) is 0 Å². The van der Waals surface area contributed by atoms with E-state index in [-0.39, 0.29) is 11.8 Å². The summed E-state index contributed by atoms with van der Waals surface area (Å²) >= 11 is 1.45. The van der Waals surface area contributed by atoms with Crippen molar-refractivity contribution in [2.75, 3.05) is 18.5 Å². The van der Waals surface area contributed by atoms with E-state index in [0.717, 1.165) is 10.2 Å². The van der Waals surface area contributed by atoms with Crippen molar-refractivity contribution in [1.82, 2.24) is 10.3 Å². The number of para-hydroxylation sites is 2. The summed E-state index contributed by atoms with van der Waals surface area (Å²) in [5.74, 6) is 0.245. The molecule has 6 nitrogen and oxygen atoms in total. The lowest BCUT2D eigenvalue weighted by Gasteiger charge is -2.10. The van der Waals surface area contributed by atoms with Gasteiger partial charge in [-0.3, -0.25) is 9.59 Å². The van der Waals surface area contributed by atoms with E-state index in [1.807, 2.05) is 37.3 Å². The predicted octanol–water partition coefficient (Wildman–Crippen LogP) is 3.84. The molecule has 0 aliphatic heterocycles. The van der Waals surface area contributed by atoms with Crippen molar-refractivity contribution in [3.8, 4) is 5.75 Å². The fourth-order valence-electron chi connectivity index (χ4n) is 2.59. The molecule has 7 heteroatoms. The number of amides is 2. The standard InChI is InChI=1S/C20H21N3O3S/c1-2-26-16-10-5-3-8-14(16)19(25)21-13-7-12-18(24)23-20-22-15-9-4-6-11-17(15)27-20/h3-6,8-11H,2,7,12-13H2,1H3,(H,21,25)(H,22,23,24). The van der Waals surface area contributed by atoms with Crippen LogP contribution < -0.4 is 15.4 Å². The number of aromatic nitrogens is 1. The molecule has 0 fully saturated rings. The summed E-state index contributed by atoms with van der Waals surface area (Å²) < 4.78 is 6.50. The van der Waals surface area contributed by atoms with Crippen molar-refractivity contribution < 1.29 is 14.3 Å². The molecule has 27 heavy (non-hydrogen) atoms. The molecule has 2 amide bonds. The summed E-state index contributed by atoms with van der Waals surface area (Å²) in [5.41, 5.74) is 1.37. The number of nitrogens with one attached hydrogen (secondary N) is 2. The number of thiazole rings is 1. The van der Waals surface area contributed by atoms with Gasteiger partial charge in [0.25, 0.3) is 5.91 Å². The fourth-order valence-corrected chi connectivity index (χ4v) is 3.47. The Morgan fingerprint density at radius 3 is 2.70 bits per heavy atom. The second kappa shape index (κ2) is 9.14. The number of hydrogen-bond donors (Lipinski definition) is 2. The Morgan fingerprint density at radius 2 is 1.89 bits per heavy atom. The van der Waals surface area contributed by atoms with Gasteiger partial charge in [0.05, 0.1) is 22.4 Å². The van der Waals surface area contributed by atoms with Crippen LogP contribution in [0.3, 0.4) is 0 Å². The van der Waals surface area contributed by atoms with Gasteiger partial charge >= 0.3 is 0 Å². The summed E-state index contributed by atoms with van der Waals surface area (Å²) in [5, 5.41) is 6.23. The highest BCUT2D eigenvalue weighted by Gasteiger charge is 2.12. The maximum Gasteiger partial charge on any atom is 0.255 e. The molecular formula is C20H21N3O3S. The smallest absolute Gasteiger partial charge is 0.255 e. The molecule has 0 atom stereocenters. The summed E-state index contributed by atoms with van der Waals surface area (Å²) in [4.78, 5) is 28.7. The van der Waals surface area contributed by atoms with Crippen LogP contribution in [0.4, 0.5) is 5.13 Å². The van der Waals surface area contributed by atoms with E-state index in [0.29, 0.717) is 42.4 Å². The van der Waals surface area contributed by atoms with Crippen molar-refractivity contribution in [1.29, 1.82) is 0 Å². The lowest BCUT2D eigenvalue weighted by Crippen LogP contribution is -2.26. The highest BCUT2D eigenvalue weighted by molar-refractivity contribution is 7.22. The maximum atomic E-state index is 12.3. The maximum absolute atomic E-state index is 12.3. The molecule has 0 saturated carbocycles. The first-order chi connectivity index (χ1) is 13.2. The summed E-state index contributed by atoms with van der Waals surface area (Å²) in [7, 11) is 0. The molecule has 0 unspecified atom stereocenters. The Kier molecular flexibility index (Phi) is 6.38. The molecule has 0 radical (unpaired) electrons. The van der Waals surface area contributed by atoms with Crippen LogP contribution in [0.2, 0.25) is 0 Å². The van der Waals surface area contributed by atoms with Crippen LogP contribution in [0.1, 0.15) is 30.1 Å². The third-order valence-corrected chi connectivity index (χ3v) is 4.79. The normalized spacial score (nSPS) is 10.6. The van der Waals surface area contributed by atoms with Gasteiger partial charge in [-0.2, -0.15) is 0 Å². The Labute approximate surface area is 161 Å². The van der Waals surface area contributed by atoms with E-state index in [1.165, 1.54) is 11.3 Å². The third kappa shape index (κ3) is 5.04. The van der Waals surface area contributed by atoms with Gasteiger partial charge in [-0.1, -0.05) is 35.6 Å². The number of fused-ring (bicyclic) bond motifs is 1. The number of nitrogens with zero attached hydrogens (tertiary/aromatic N) is 1. The first-order valence-electron chi connectivity index (χ1n) is 8.83. The number of rotatable bonds is 8. The van der Waals surface area contributed by atoms with Crippen LogP contribution in [0, 0.1) is 0 Å². The molecule has 3 aromatic rings. The highest BCUT2D eigenvalue weighted by Crippen LogP contribution is 2.25. The van der Waals surface area contributed by atoms with Crippen LogP contribution in [-0.2, 0) is 4.79 Å². The first kappa shape index (κ1) is 18.8. The monoisotopic (exact) mass is 383 g/mol. The number of hydrogen-bond acceptors (Lipinski definition) is 5. The van der Waals surface area contributed by atoms with Crippen LogP contribution in [-0.4, -0.2) is 29.9 Å². The van der Waals surface area contributed by atoms with Gasteiger partial charge in [0, 0.05) is 13.0 Å². The predicted molar refractivity (Wildman–Crippen MR) is 107 cm³/mol. The fraction of sp³-hybridized carbons (Fsp3) is 0.250. The van der Waals surface area contributed by atoms with Crippen LogP contribution >= 0.6 is 11.3 Å². The topological polar surface area (TPSA) is 80.3 Å². The van der Waals surface area contributed by atoms with E-state index in [1.54, 1.807) is 18.2 Å². The Morgan fingerprint density at radius 1 is 1.11 bits per heavy atom. The van der Waals surface area contributed by atoms with Crippen molar-refractivity contribution in [2.24, 2.45) is 0 Å². The molecule has 0 saturated heterocycles. The van der Waals surface area contributed by atoms with Crippen LogP contribution in [0.5, 0.6) is 5.75 Å². The molecule has 0 spiro atoms. The zero-order valence-electron chi connectivity index (χ0n) is 15.0. The molecule has 3 rings (SSSR count). The molecule has 0 aliphatic rings. The minimum absolute atomic E-state index is 0.113. The molecule has 2 aromatic carbocycles. The minimum atomic E-state index is -0.203. The quantitative estimate of drug-likeness (QED) is 0.579. The summed E-state index contributed by atoms with van der Waals surface area (Å²) in [6, 6.07) is 14.9. The molecular weight excluding hydrogens is 362 g/mol. The molecule has 140 valence electrons. The number of carbonyl (C=O) groups excluding carboxylic acids is 2. The first-order valence-corrected chi connectivity index (χ1v) is 9.64.